The standard InChI is InChI=1S/C14H16Cl2N2O/c15-10-1-2-12(16)11(7-10)14(19)17-13-8-18-5-3-9(13)4-6-18/h1-2,7,9,13H,3-6,8H2,(H,17,19). The van der Waals surface area contributed by atoms with Crippen molar-refractivity contribution in [2.24, 2.45) is 5.92 Å². The molecule has 4 rings (SSSR count). The number of benzene rings is 1. The summed E-state index contributed by atoms with van der Waals surface area (Å²) in [6, 6.07) is 5.22. The number of fused-ring (bicyclic) bond motifs is 3. The maximum Gasteiger partial charge on any atom is 0.253 e. The minimum Gasteiger partial charge on any atom is -0.348 e. The zero-order valence-corrected chi connectivity index (χ0v) is 12.0. The van der Waals surface area contributed by atoms with E-state index in [0.717, 1.165) is 19.6 Å². The number of piperidine rings is 3. The largest absolute Gasteiger partial charge is 0.348 e. The van der Waals surface area contributed by atoms with Gasteiger partial charge in [-0.25, -0.2) is 0 Å². The van der Waals surface area contributed by atoms with Gasteiger partial charge in [0, 0.05) is 17.6 Å². The predicted molar refractivity (Wildman–Crippen MR) is 76.9 cm³/mol. The molecule has 3 fully saturated rings. The van der Waals surface area contributed by atoms with E-state index in [4.69, 9.17) is 23.2 Å². The second-order valence-electron chi connectivity index (χ2n) is 5.34. The molecule has 3 aliphatic rings. The van der Waals surface area contributed by atoms with Gasteiger partial charge in [0.25, 0.3) is 5.91 Å². The molecule has 0 aromatic heterocycles. The van der Waals surface area contributed by atoms with E-state index in [1.165, 1.54) is 12.8 Å². The molecule has 1 amide bonds. The third-order valence-electron chi connectivity index (χ3n) is 4.15. The summed E-state index contributed by atoms with van der Waals surface area (Å²) in [5.41, 5.74) is 0.464. The van der Waals surface area contributed by atoms with E-state index >= 15 is 0 Å². The number of hydrogen-bond acceptors (Lipinski definition) is 2. The van der Waals surface area contributed by atoms with E-state index in [2.05, 4.69) is 10.2 Å². The summed E-state index contributed by atoms with van der Waals surface area (Å²) >= 11 is 12.0. The molecule has 5 heteroatoms. The molecule has 0 aliphatic carbocycles. The number of halogens is 2. The molecule has 1 N–H and O–H groups in total. The lowest BCUT2D eigenvalue weighted by molar-refractivity contribution is 0.0620. The van der Waals surface area contributed by atoms with Gasteiger partial charge in [-0.15, -0.1) is 0 Å². The lowest BCUT2D eigenvalue weighted by atomic mass is 9.84. The van der Waals surface area contributed by atoms with Crippen molar-refractivity contribution in [2.45, 2.75) is 18.9 Å². The SMILES string of the molecule is O=C(NC1CN2CCC1CC2)c1cc(Cl)ccc1Cl. The Bertz CT molecular complexity index is 498. The molecule has 0 radical (unpaired) electrons. The fraction of sp³-hybridized carbons (Fsp3) is 0.500. The maximum atomic E-state index is 12.3. The van der Waals surface area contributed by atoms with E-state index < -0.39 is 0 Å². The number of nitrogens with zero attached hydrogens (tertiary/aromatic N) is 1. The van der Waals surface area contributed by atoms with Crippen LogP contribution in [0.1, 0.15) is 23.2 Å². The molecule has 3 nitrogen and oxygen atoms in total. The van der Waals surface area contributed by atoms with Crippen LogP contribution in [0.2, 0.25) is 10.0 Å². The van der Waals surface area contributed by atoms with E-state index in [0.29, 0.717) is 21.5 Å². The summed E-state index contributed by atoms with van der Waals surface area (Å²) in [5, 5.41) is 4.09. The molecule has 3 aliphatic heterocycles. The summed E-state index contributed by atoms with van der Waals surface area (Å²) in [6.45, 7) is 3.28. The lowest BCUT2D eigenvalue weighted by Crippen LogP contribution is -2.57. The number of amides is 1. The monoisotopic (exact) mass is 298 g/mol. The molecule has 1 atom stereocenters. The van der Waals surface area contributed by atoms with Gasteiger partial charge in [-0.3, -0.25) is 4.79 Å². The Labute approximate surface area is 122 Å². The van der Waals surface area contributed by atoms with Crippen LogP contribution >= 0.6 is 23.2 Å². The van der Waals surface area contributed by atoms with Crippen LogP contribution in [0.3, 0.4) is 0 Å². The predicted octanol–water partition coefficient (Wildman–Crippen LogP) is 2.82. The van der Waals surface area contributed by atoms with Crippen LogP contribution in [0, 0.1) is 5.92 Å². The fourth-order valence-corrected chi connectivity index (χ4v) is 3.42. The first-order valence-electron chi connectivity index (χ1n) is 6.62. The molecule has 3 saturated heterocycles. The number of carbonyl (C=O) groups excluding carboxylic acids is 1. The molecule has 102 valence electrons. The Morgan fingerprint density at radius 3 is 2.63 bits per heavy atom. The minimum absolute atomic E-state index is 0.119. The van der Waals surface area contributed by atoms with E-state index in [1.54, 1.807) is 18.2 Å². The highest BCUT2D eigenvalue weighted by Gasteiger charge is 2.35. The van der Waals surface area contributed by atoms with Gasteiger partial charge in [-0.2, -0.15) is 0 Å². The van der Waals surface area contributed by atoms with E-state index in [1.807, 2.05) is 0 Å². The molecule has 3 heterocycles. The Morgan fingerprint density at radius 1 is 1.26 bits per heavy atom. The topological polar surface area (TPSA) is 32.3 Å². The van der Waals surface area contributed by atoms with E-state index in [-0.39, 0.29) is 11.9 Å². The quantitative estimate of drug-likeness (QED) is 0.911. The van der Waals surface area contributed by atoms with Crippen molar-refractivity contribution in [2.75, 3.05) is 19.6 Å². The third-order valence-corrected chi connectivity index (χ3v) is 4.71. The Balaban J connectivity index is 1.73. The van der Waals surface area contributed by atoms with Crippen molar-refractivity contribution < 1.29 is 4.79 Å². The normalized spacial score (nSPS) is 29.3. The van der Waals surface area contributed by atoms with Crippen molar-refractivity contribution in [3.05, 3.63) is 33.8 Å². The average Bonchev–Trinajstić information content (AvgIpc) is 2.43. The Kier molecular flexibility index (Phi) is 3.70. The van der Waals surface area contributed by atoms with Crippen LogP contribution in [-0.2, 0) is 0 Å². The molecule has 1 aromatic rings. The number of carbonyl (C=O) groups is 1. The van der Waals surface area contributed by atoms with Crippen LogP contribution in [-0.4, -0.2) is 36.5 Å². The highest BCUT2D eigenvalue weighted by molar-refractivity contribution is 6.35. The minimum atomic E-state index is -0.119. The molecule has 0 saturated carbocycles. The van der Waals surface area contributed by atoms with Gasteiger partial charge >= 0.3 is 0 Å². The molecule has 2 bridgehead atoms. The second-order valence-corrected chi connectivity index (χ2v) is 6.19. The van der Waals surface area contributed by atoms with Gasteiger partial charge in [-0.1, -0.05) is 23.2 Å². The summed E-state index contributed by atoms with van der Waals surface area (Å²) in [5.74, 6) is 0.484. The van der Waals surface area contributed by atoms with Crippen molar-refractivity contribution >= 4 is 29.1 Å². The zero-order chi connectivity index (χ0) is 13.4. The van der Waals surface area contributed by atoms with Crippen LogP contribution < -0.4 is 5.32 Å². The van der Waals surface area contributed by atoms with Gasteiger partial charge in [0.15, 0.2) is 0 Å². The van der Waals surface area contributed by atoms with Crippen LogP contribution in [0.15, 0.2) is 18.2 Å². The maximum absolute atomic E-state index is 12.3. The van der Waals surface area contributed by atoms with Crippen LogP contribution in [0.4, 0.5) is 0 Å². The van der Waals surface area contributed by atoms with Crippen molar-refractivity contribution in [3.8, 4) is 0 Å². The first-order chi connectivity index (χ1) is 9.13. The first kappa shape index (κ1) is 13.2. The average molecular weight is 299 g/mol. The second kappa shape index (κ2) is 5.31. The van der Waals surface area contributed by atoms with E-state index in [9.17, 15) is 4.79 Å². The highest BCUT2D eigenvalue weighted by Crippen LogP contribution is 2.28. The van der Waals surface area contributed by atoms with Gasteiger partial charge in [-0.05, 0) is 50.0 Å². The van der Waals surface area contributed by atoms with Gasteiger partial charge in [0.1, 0.15) is 0 Å². The van der Waals surface area contributed by atoms with Gasteiger partial charge < -0.3 is 10.2 Å². The van der Waals surface area contributed by atoms with Crippen molar-refractivity contribution in [3.63, 3.8) is 0 Å². The lowest BCUT2D eigenvalue weighted by Gasteiger charge is -2.44. The summed E-state index contributed by atoms with van der Waals surface area (Å²) in [4.78, 5) is 14.7. The van der Waals surface area contributed by atoms with Gasteiger partial charge in [0.2, 0.25) is 0 Å². The molecule has 0 spiro atoms. The molecular weight excluding hydrogens is 283 g/mol. The van der Waals surface area contributed by atoms with Crippen LogP contribution in [0.25, 0.3) is 0 Å². The number of hydrogen-bond donors (Lipinski definition) is 1. The Hall–Kier alpha value is -0.770. The molecule has 19 heavy (non-hydrogen) atoms. The summed E-state index contributed by atoms with van der Waals surface area (Å²) in [7, 11) is 0. The van der Waals surface area contributed by atoms with Crippen LogP contribution in [0.5, 0.6) is 0 Å². The summed E-state index contributed by atoms with van der Waals surface area (Å²) < 4.78 is 0. The number of nitrogens with one attached hydrogen (secondary N) is 1. The smallest absolute Gasteiger partial charge is 0.253 e. The molecular formula is C14H16Cl2N2O. The van der Waals surface area contributed by atoms with Crippen molar-refractivity contribution in [1.82, 2.24) is 10.2 Å². The first-order valence-corrected chi connectivity index (χ1v) is 7.37. The zero-order valence-electron chi connectivity index (χ0n) is 10.5. The van der Waals surface area contributed by atoms with Gasteiger partial charge in [0.05, 0.1) is 10.6 Å². The molecule has 1 unspecified atom stereocenters. The molecule has 1 aromatic carbocycles. The summed E-state index contributed by atoms with van der Waals surface area (Å²) in [6.07, 6.45) is 2.35. The van der Waals surface area contributed by atoms with Crippen molar-refractivity contribution in [1.29, 1.82) is 0 Å². The fourth-order valence-electron chi connectivity index (χ4n) is 3.05. The number of rotatable bonds is 2. The Morgan fingerprint density at radius 2 is 2.00 bits per heavy atom. The third kappa shape index (κ3) is 2.73. The highest BCUT2D eigenvalue weighted by atomic mass is 35.5.